The van der Waals surface area contributed by atoms with Crippen LogP contribution in [0.25, 0.3) is 0 Å². The van der Waals surface area contributed by atoms with Crippen molar-refractivity contribution in [2.45, 2.75) is 13.3 Å². The Hall–Kier alpha value is -2.69. The minimum absolute atomic E-state index is 0.0325. The molecule has 0 aromatic heterocycles. The zero-order valence-electron chi connectivity index (χ0n) is 11.6. The van der Waals surface area contributed by atoms with Crippen molar-refractivity contribution in [2.75, 3.05) is 6.61 Å². The summed E-state index contributed by atoms with van der Waals surface area (Å²) in [7, 11) is 0. The van der Waals surface area contributed by atoms with E-state index in [2.05, 4.69) is 0 Å². The maximum absolute atomic E-state index is 12.2. The van der Waals surface area contributed by atoms with Gasteiger partial charge in [-0.15, -0.1) is 0 Å². The molecule has 5 nitrogen and oxygen atoms in total. The summed E-state index contributed by atoms with van der Waals surface area (Å²) in [5, 5.41) is 10.6. The number of carbonyl (C=O) groups is 1. The normalized spacial score (nSPS) is 10.1. The molecule has 0 bridgehead atoms. The number of carbonyl (C=O) groups excluding carboxylic acids is 1. The van der Waals surface area contributed by atoms with Gasteiger partial charge in [-0.3, -0.25) is 14.9 Å². The van der Waals surface area contributed by atoms with Gasteiger partial charge in [0.05, 0.1) is 11.5 Å². The molecule has 0 aliphatic carbocycles. The molecule has 5 heteroatoms. The standard InChI is InChI=1S/C16H15NO4/c1-2-11-21-15-9-5-13(6-10-15)16(18)12-3-7-14(8-4-12)17(19)20/h3-10H,2,11H2,1H3. The van der Waals surface area contributed by atoms with Crippen LogP contribution in [0.3, 0.4) is 0 Å². The molecule has 0 amide bonds. The lowest BCUT2D eigenvalue weighted by Crippen LogP contribution is -2.02. The van der Waals surface area contributed by atoms with Crippen molar-refractivity contribution in [1.29, 1.82) is 0 Å². The van der Waals surface area contributed by atoms with E-state index in [0.717, 1.165) is 12.2 Å². The van der Waals surface area contributed by atoms with E-state index in [9.17, 15) is 14.9 Å². The number of nitrogens with zero attached hydrogens (tertiary/aromatic N) is 1. The molecule has 0 aliphatic heterocycles. The van der Waals surface area contributed by atoms with Crippen LogP contribution in [0.1, 0.15) is 29.3 Å². The van der Waals surface area contributed by atoms with Gasteiger partial charge in [0.15, 0.2) is 5.78 Å². The molecule has 2 aromatic carbocycles. The smallest absolute Gasteiger partial charge is 0.269 e. The van der Waals surface area contributed by atoms with E-state index in [1.54, 1.807) is 24.3 Å². The highest BCUT2D eigenvalue weighted by molar-refractivity contribution is 6.09. The van der Waals surface area contributed by atoms with Crippen molar-refractivity contribution < 1.29 is 14.5 Å². The molecular weight excluding hydrogens is 270 g/mol. The minimum Gasteiger partial charge on any atom is -0.494 e. The van der Waals surface area contributed by atoms with Crippen molar-refractivity contribution >= 4 is 11.5 Å². The van der Waals surface area contributed by atoms with Crippen LogP contribution in [0.2, 0.25) is 0 Å². The van der Waals surface area contributed by atoms with Gasteiger partial charge in [-0.2, -0.15) is 0 Å². The Morgan fingerprint density at radius 1 is 1.05 bits per heavy atom. The van der Waals surface area contributed by atoms with E-state index in [1.165, 1.54) is 24.3 Å². The molecule has 0 spiro atoms. The first-order valence-electron chi connectivity index (χ1n) is 6.64. The molecule has 0 saturated carbocycles. The zero-order chi connectivity index (χ0) is 15.2. The van der Waals surface area contributed by atoms with Crippen LogP contribution >= 0.6 is 0 Å². The Bertz CT molecular complexity index is 632. The highest BCUT2D eigenvalue weighted by atomic mass is 16.6. The molecule has 0 N–H and O–H groups in total. The van der Waals surface area contributed by atoms with Crippen LogP contribution in [-0.2, 0) is 0 Å². The van der Waals surface area contributed by atoms with Crippen LogP contribution in [0.4, 0.5) is 5.69 Å². The van der Waals surface area contributed by atoms with Gasteiger partial charge in [0.1, 0.15) is 5.75 Å². The van der Waals surface area contributed by atoms with Gasteiger partial charge in [0.2, 0.25) is 0 Å². The van der Waals surface area contributed by atoms with Gasteiger partial charge >= 0.3 is 0 Å². The maximum atomic E-state index is 12.2. The first kappa shape index (κ1) is 14.7. The van der Waals surface area contributed by atoms with E-state index in [0.29, 0.717) is 17.7 Å². The number of benzene rings is 2. The summed E-state index contributed by atoms with van der Waals surface area (Å²) >= 11 is 0. The molecule has 0 atom stereocenters. The lowest BCUT2D eigenvalue weighted by atomic mass is 10.0. The molecule has 2 rings (SSSR count). The van der Waals surface area contributed by atoms with Gasteiger partial charge in [-0.25, -0.2) is 0 Å². The molecule has 21 heavy (non-hydrogen) atoms. The third-order valence-corrected chi connectivity index (χ3v) is 2.93. The maximum Gasteiger partial charge on any atom is 0.269 e. The van der Waals surface area contributed by atoms with Crippen LogP contribution in [0, 0.1) is 10.1 Å². The first-order chi connectivity index (χ1) is 10.1. The molecule has 0 saturated heterocycles. The van der Waals surface area contributed by atoms with E-state index >= 15 is 0 Å². The SMILES string of the molecule is CCCOc1ccc(C(=O)c2ccc([N+](=O)[O-])cc2)cc1. The van der Waals surface area contributed by atoms with Gasteiger partial charge in [0, 0.05) is 23.3 Å². The predicted molar refractivity (Wildman–Crippen MR) is 78.8 cm³/mol. The Morgan fingerprint density at radius 3 is 2.05 bits per heavy atom. The Kier molecular flexibility index (Phi) is 4.66. The molecular formula is C16H15NO4. The van der Waals surface area contributed by atoms with Gasteiger partial charge < -0.3 is 4.74 Å². The Balaban J connectivity index is 2.13. The summed E-state index contributed by atoms with van der Waals surface area (Å²) in [6.45, 7) is 2.65. The van der Waals surface area contributed by atoms with Crippen molar-refractivity contribution in [3.63, 3.8) is 0 Å². The monoisotopic (exact) mass is 285 g/mol. The summed E-state index contributed by atoms with van der Waals surface area (Å²) in [5.74, 6) is 0.545. The van der Waals surface area contributed by atoms with Crippen LogP contribution in [-0.4, -0.2) is 17.3 Å². The molecule has 0 fully saturated rings. The molecule has 0 heterocycles. The quantitative estimate of drug-likeness (QED) is 0.462. The number of ketones is 1. The van der Waals surface area contributed by atoms with Crippen molar-refractivity contribution in [3.05, 3.63) is 69.8 Å². The highest BCUT2D eigenvalue weighted by Crippen LogP contribution is 2.18. The first-order valence-corrected chi connectivity index (χ1v) is 6.64. The third-order valence-electron chi connectivity index (χ3n) is 2.93. The highest BCUT2D eigenvalue weighted by Gasteiger charge is 2.11. The second kappa shape index (κ2) is 6.65. The number of rotatable bonds is 6. The fraction of sp³-hybridized carbons (Fsp3) is 0.188. The molecule has 0 aliphatic rings. The number of nitro groups is 1. The minimum atomic E-state index is -0.492. The summed E-state index contributed by atoms with van der Waals surface area (Å²) < 4.78 is 5.45. The van der Waals surface area contributed by atoms with E-state index in [4.69, 9.17) is 4.74 Å². The Morgan fingerprint density at radius 2 is 1.57 bits per heavy atom. The molecule has 2 aromatic rings. The molecule has 108 valence electrons. The summed E-state index contributed by atoms with van der Waals surface area (Å²) in [4.78, 5) is 22.3. The summed E-state index contributed by atoms with van der Waals surface area (Å²) in [6, 6.07) is 12.4. The molecule has 0 radical (unpaired) electrons. The number of hydrogen-bond acceptors (Lipinski definition) is 4. The van der Waals surface area contributed by atoms with Crippen molar-refractivity contribution in [2.24, 2.45) is 0 Å². The number of ether oxygens (including phenoxy) is 1. The number of hydrogen-bond donors (Lipinski definition) is 0. The Labute approximate surface area is 122 Å². The number of nitro benzene ring substituents is 1. The van der Waals surface area contributed by atoms with Gasteiger partial charge in [0.25, 0.3) is 5.69 Å². The van der Waals surface area contributed by atoms with E-state index in [1.807, 2.05) is 6.92 Å². The zero-order valence-corrected chi connectivity index (χ0v) is 11.6. The third kappa shape index (κ3) is 3.66. The summed E-state index contributed by atoms with van der Waals surface area (Å²) in [5.41, 5.74) is 0.908. The van der Waals surface area contributed by atoms with Gasteiger partial charge in [-0.05, 0) is 42.8 Å². The topological polar surface area (TPSA) is 69.4 Å². The van der Waals surface area contributed by atoms with Crippen LogP contribution in [0.5, 0.6) is 5.75 Å². The van der Waals surface area contributed by atoms with Gasteiger partial charge in [-0.1, -0.05) is 6.92 Å². The van der Waals surface area contributed by atoms with E-state index in [-0.39, 0.29) is 11.5 Å². The summed E-state index contributed by atoms with van der Waals surface area (Å²) in [6.07, 6.45) is 0.920. The molecule has 0 unspecified atom stereocenters. The van der Waals surface area contributed by atoms with E-state index < -0.39 is 4.92 Å². The largest absolute Gasteiger partial charge is 0.494 e. The second-order valence-corrected chi connectivity index (χ2v) is 4.51. The average Bonchev–Trinajstić information content (AvgIpc) is 2.53. The fourth-order valence-electron chi connectivity index (χ4n) is 1.82. The average molecular weight is 285 g/mol. The van der Waals surface area contributed by atoms with Crippen molar-refractivity contribution in [1.82, 2.24) is 0 Å². The fourth-order valence-corrected chi connectivity index (χ4v) is 1.82. The van der Waals surface area contributed by atoms with Crippen LogP contribution in [0.15, 0.2) is 48.5 Å². The second-order valence-electron chi connectivity index (χ2n) is 4.51. The van der Waals surface area contributed by atoms with Crippen LogP contribution < -0.4 is 4.74 Å². The number of non-ortho nitro benzene ring substituents is 1. The lowest BCUT2D eigenvalue weighted by molar-refractivity contribution is -0.384. The predicted octanol–water partition coefficient (Wildman–Crippen LogP) is 3.61. The van der Waals surface area contributed by atoms with Crippen molar-refractivity contribution in [3.8, 4) is 5.75 Å². The lowest BCUT2D eigenvalue weighted by Gasteiger charge is -2.05.